The summed E-state index contributed by atoms with van der Waals surface area (Å²) >= 11 is 5.94. The van der Waals surface area contributed by atoms with Crippen molar-refractivity contribution in [1.82, 2.24) is 15.5 Å². The van der Waals surface area contributed by atoms with E-state index < -0.39 is 0 Å². The van der Waals surface area contributed by atoms with Crippen LogP contribution in [-0.4, -0.2) is 42.9 Å². The lowest BCUT2D eigenvalue weighted by atomic mass is 10.1. The van der Waals surface area contributed by atoms with Crippen LogP contribution >= 0.6 is 11.6 Å². The van der Waals surface area contributed by atoms with Crippen molar-refractivity contribution >= 4 is 29.5 Å². The highest BCUT2D eigenvalue weighted by Crippen LogP contribution is 2.13. The van der Waals surface area contributed by atoms with Gasteiger partial charge in [0.1, 0.15) is 5.70 Å². The molecule has 0 atom stereocenters. The molecule has 0 aliphatic carbocycles. The molecule has 5 nitrogen and oxygen atoms in total. The first kappa shape index (κ1) is 22.7. The van der Waals surface area contributed by atoms with E-state index >= 15 is 0 Å². The molecule has 0 saturated carbocycles. The van der Waals surface area contributed by atoms with E-state index in [1.165, 1.54) is 0 Å². The van der Waals surface area contributed by atoms with Crippen molar-refractivity contribution in [3.8, 4) is 0 Å². The van der Waals surface area contributed by atoms with Crippen LogP contribution in [0.25, 0.3) is 6.08 Å². The van der Waals surface area contributed by atoms with E-state index in [1.54, 1.807) is 42.5 Å². The van der Waals surface area contributed by atoms with Crippen LogP contribution in [0.3, 0.4) is 0 Å². The molecule has 2 aromatic rings. The maximum atomic E-state index is 12.8. The molecule has 0 spiro atoms. The third-order valence-corrected chi connectivity index (χ3v) is 4.85. The molecule has 2 aromatic carbocycles. The molecule has 154 valence electrons. The Labute approximate surface area is 177 Å². The van der Waals surface area contributed by atoms with Crippen molar-refractivity contribution in [2.75, 3.05) is 26.2 Å². The van der Waals surface area contributed by atoms with E-state index in [1.807, 2.05) is 19.1 Å². The van der Waals surface area contributed by atoms with Gasteiger partial charge in [0.05, 0.1) is 0 Å². The second kappa shape index (κ2) is 11.4. The smallest absolute Gasteiger partial charge is 0.267 e. The first-order valence-electron chi connectivity index (χ1n) is 9.78. The number of aryl methyl sites for hydroxylation is 1. The summed E-state index contributed by atoms with van der Waals surface area (Å²) in [6.07, 6.45) is 1.65. The molecule has 2 amide bonds. The van der Waals surface area contributed by atoms with Gasteiger partial charge in [0.15, 0.2) is 0 Å². The highest BCUT2D eigenvalue weighted by molar-refractivity contribution is 6.30. The van der Waals surface area contributed by atoms with Crippen LogP contribution in [0, 0.1) is 6.92 Å². The fourth-order valence-electron chi connectivity index (χ4n) is 2.75. The van der Waals surface area contributed by atoms with E-state index in [2.05, 4.69) is 29.4 Å². The summed E-state index contributed by atoms with van der Waals surface area (Å²) in [5.74, 6) is -0.656. The summed E-state index contributed by atoms with van der Waals surface area (Å²) < 4.78 is 0. The van der Waals surface area contributed by atoms with Crippen molar-refractivity contribution in [2.45, 2.75) is 20.8 Å². The molecule has 2 rings (SSSR count). The number of benzene rings is 2. The fourth-order valence-corrected chi connectivity index (χ4v) is 2.87. The van der Waals surface area contributed by atoms with Gasteiger partial charge in [-0.3, -0.25) is 9.59 Å². The highest BCUT2D eigenvalue weighted by atomic mass is 35.5. The molecule has 0 heterocycles. The van der Waals surface area contributed by atoms with Gasteiger partial charge in [0.2, 0.25) is 0 Å². The number of nitrogens with zero attached hydrogens (tertiary/aromatic N) is 1. The third kappa shape index (κ3) is 7.37. The highest BCUT2D eigenvalue weighted by Gasteiger charge is 2.15. The maximum absolute atomic E-state index is 12.8. The molecule has 0 saturated heterocycles. The predicted octanol–water partition coefficient (Wildman–Crippen LogP) is 3.88. The Balaban J connectivity index is 2.16. The molecule has 0 bridgehead atoms. The number of hydrogen-bond donors (Lipinski definition) is 2. The number of amides is 2. The molecule has 0 aromatic heterocycles. The van der Waals surface area contributed by atoms with E-state index in [-0.39, 0.29) is 17.5 Å². The molecule has 0 fully saturated rings. The number of rotatable bonds is 9. The predicted molar refractivity (Wildman–Crippen MR) is 119 cm³/mol. The lowest BCUT2D eigenvalue weighted by Gasteiger charge is -2.18. The van der Waals surface area contributed by atoms with Crippen LogP contribution in [0.1, 0.15) is 35.3 Å². The molecular formula is C23H28ClN3O2. The number of carbonyl (C=O) groups excluding carboxylic acids is 2. The van der Waals surface area contributed by atoms with E-state index in [9.17, 15) is 9.59 Å². The minimum atomic E-state index is -0.330. The maximum Gasteiger partial charge on any atom is 0.267 e. The van der Waals surface area contributed by atoms with Crippen molar-refractivity contribution in [3.05, 3.63) is 75.9 Å². The number of carbonyl (C=O) groups is 2. The summed E-state index contributed by atoms with van der Waals surface area (Å²) in [5.41, 5.74) is 2.52. The summed E-state index contributed by atoms with van der Waals surface area (Å²) in [6.45, 7) is 9.21. The average Bonchev–Trinajstić information content (AvgIpc) is 2.72. The van der Waals surface area contributed by atoms with Gasteiger partial charge in [-0.1, -0.05) is 55.3 Å². The average molecular weight is 414 g/mol. The Morgan fingerprint density at radius 3 is 2.21 bits per heavy atom. The molecule has 2 N–H and O–H groups in total. The number of halogens is 1. The van der Waals surface area contributed by atoms with Crippen LogP contribution in [-0.2, 0) is 4.79 Å². The van der Waals surface area contributed by atoms with Gasteiger partial charge in [-0.05, 0) is 55.9 Å². The van der Waals surface area contributed by atoms with Crippen LogP contribution in [0.15, 0.2) is 54.2 Å². The minimum Gasteiger partial charge on any atom is -0.349 e. The van der Waals surface area contributed by atoms with Gasteiger partial charge >= 0.3 is 0 Å². The van der Waals surface area contributed by atoms with E-state index in [0.717, 1.165) is 30.8 Å². The van der Waals surface area contributed by atoms with E-state index in [0.29, 0.717) is 17.1 Å². The zero-order valence-electron chi connectivity index (χ0n) is 17.2. The Morgan fingerprint density at radius 1 is 1.00 bits per heavy atom. The summed E-state index contributed by atoms with van der Waals surface area (Å²) in [7, 11) is 0. The Bertz CT molecular complexity index is 841. The van der Waals surface area contributed by atoms with E-state index in [4.69, 9.17) is 11.6 Å². The largest absolute Gasteiger partial charge is 0.349 e. The number of nitrogens with one attached hydrogen (secondary N) is 2. The van der Waals surface area contributed by atoms with Gasteiger partial charge in [-0.2, -0.15) is 0 Å². The zero-order chi connectivity index (χ0) is 21.2. The second-order valence-electron chi connectivity index (χ2n) is 6.71. The van der Waals surface area contributed by atoms with Gasteiger partial charge < -0.3 is 15.5 Å². The topological polar surface area (TPSA) is 61.4 Å². The SMILES string of the molecule is CCN(CC)CCNC(=O)/C(=C\c1ccc(Cl)cc1)NC(=O)c1ccc(C)cc1. The minimum absolute atomic E-state index is 0.192. The van der Waals surface area contributed by atoms with Crippen molar-refractivity contribution in [3.63, 3.8) is 0 Å². The lowest BCUT2D eigenvalue weighted by molar-refractivity contribution is -0.117. The van der Waals surface area contributed by atoms with Gasteiger partial charge in [0, 0.05) is 23.7 Å². The summed E-state index contributed by atoms with van der Waals surface area (Å²) in [6, 6.07) is 14.3. The monoisotopic (exact) mass is 413 g/mol. The molecule has 6 heteroatoms. The normalized spacial score (nSPS) is 11.4. The van der Waals surface area contributed by atoms with Crippen LogP contribution < -0.4 is 10.6 Å². The molecular weight excluding hydrogens is 386 g/mol. The number of likely N-dealkylation sites (N-methyl/N-ethyl adjacent to an activating group) is 1. The van der Waals surface area contributed by atoms with Crippen molar-refractivity contribution in [1.29, 1.82) is 0 Å². The summed E-state index contributed by atoms with van der Waals surface area (Å²) in [5, 5.41) is 6.24. The van der Waals surface area contributed by atoms with Crippen molar-refractivity contribution in [2.24, 2.45) is 0 Å². The molecule has 29 heavy (non-hydrogen) atoms. The van der Waals surface area contributed by atoms with Gasteiger partial charge in [0.25, 0.3) is 11.8 Å². The zero-order valence-corrected chi connectivity index (χ0v) is 17.9. The van der Waals surface area contributed by atoms with Crippen LogP contribution in [0.5, 0.6) is 0 Å². The fraction of sp³-hybridized carbons (Fsp3) is 0.304. The first-order valence-corrected chi connectivity index (χ1v) is 10.2. The Hall–Kier alpha value is -2.63. The standard InChI is InChI=1S/C23H28ClN3O2/c1-4-27(5-2)15-14-25-23(29)21(16-18-8-12-20(24)13-9-18)26-22(28)19-10-6-17(3)7-11-19/h6-13,16H,4-5,14-15H2,1-3H3,(H,25,29)(H,26,28)/b21-16+. The van der Waals surface area contributed by atoms with Crippen molar-refractivity contribution < 1.29 is 9.59 Å². The number of hydrogen-bond acceptors (Lipinski definition) is 3. The van der Waals surface area contributed by atoms with Gasteiger partial charge in [-0.15, -0.1) is 0 Å². The lowest BCUT2D eigenvalue weighted by Crippen LogP contribution is -2.39. The molecule has 0 aliphatic heterocycles. The molecule has 0 radical (unpaired) electrons. The Kier molecular flexibility index (Phi) is 8.90. The molecule has 0 unspecified atom stereocenters. The second-order valence-corrected chi connectivity index (χ2v) is 7.15. The first-order chi connectivity index (χ1) is 13.9. The summed E-state index contributed by atoms with van der Waals surface area (Å²) in [4.78, 5) is 27.6. The quantitative estimate of drug-likeness (QED) is 0.613. The Morgan fingerprint density at radius 2 is 1.62 bits per heavy atom. The third-order valence-electron chi connectivity index (χ3n) is 4.60. The van der Waals surface area contributed by atoms with Crippen LogP contribution in [0.2, 0.25) is 5.02 Å². The van der Waals surface area contributed by atoms with Crippen LogP contribution in [0.4, 0.5) is 0 Å². The van der Waals surface area contributed by atoms with Gasteiger partial charge in [-0.25, -0.2) is 0 Å². The molecule has 0 aliphatic rings.